The molecule has 0 saturated heterocycles. The maximum Gasteiger partial charge on any atom is 0.242 e. The third-order valence-electron chi connectivity index (χ3n) is 3.03. The van der Waals surface area contributed by atoms with Crippen LogP contribution in [0.1, 0.15) is 18.4 Å². The van der Waals surface area contributed by atoms with Crippen LogP contribution in [0.4, 0.5) is 0 Å². The number of nitrogens with one attached hydrogen (secondary N) is 1. The Morgan fingerprint density at radius 3 is 2.62 bits per heavy atom. The molecule has 0 bridgehead atoms. The standard InChI is InChI=1S/C15H17ClN2O2S/c16-14-8-1-2-9-15(14)21(19,20)18-11-4-3-6-13-7-5-10-17-12-13/h1-2,5,7-10,12,18H,3-4,6,11H2. The lowest BCUT2D eigenvalue weighted by Gasteiger charge is -2.08. The van der Waals surface area contributed by atoms with Crippen molar-refractivity contribution in [2.75, 3.05) is 6.54 Å². The second kappa shape index (κ2) is 7.54. The van der Waals surface area contributed by atoms with Gasteiger partial charge < -0.3 is 0 Å². The number of hydrogen-bond acceptors (Lipinski definition) is 3. The molecule has 21 heavy (non-hydrogen) atoms. The van der Waals surface area contributed by atoms with Crippen LogP contribution in [0.3, 0.4) is 0 Å². The summed E-state index contributed by atoms with van der Waals surface area (Å²) in [5.74, 6) is 0. The number of pyridine rings is 1. The number of nitrogens with zero attached hydrogens (tertiary/aromatic N) is 1. The highest BCUT2D eigenvalue weighted by Crippen LogP contribution is 2.20. The van der Waals surface area contributed by atoms with Crippen LogP contribution in [0.5, 0.6) is 0 Å². The van der Waals surface area contributed by atoms with Gasteiger partial charge in [0.2, 0.25) is 10.0 Å². The van der Waals surface area contributed by atoms with E-state index in [2.05, 4.69) is 9.71 Å². The van der Waals surface area contributed by atoms with Gasteiger partial charge in [-0.2, -0.15) is 0 Å². The summed E-state index contributed by atoms with van der Waals surface area (Å²) in [5.41, 5.74) is 1.16. The smallest absolute Gasteiger partial charge is 0.242 e. The van der Waals surface area contributed by atoms with Crippen molar-refractivity contribution in [1.82, 2.24) is 9.71 Å². The van der Waals surface area contributed by atoms with Crippen molar-refractivity contribution in [3.63, 3.8) is 0 Å². The van der Waals surface area contributed by atoms with E-state index in [1.54, 1.807) is 24.4 Å². The topological polar surface area (TPSA) is 59.1 Å². The molecule has 0 aliphatic rings. The minimum atomic E-state index is -3.53. The third kappa shape index (κ3) is 4.81. The number of aromatic nitrogens is 1. The summed E-state index contributed by atoms with van der Waals surface area (Å²) in [6, 6.07) is 10.3. The van der Waals surface area contributed by atoms with Gasteiger partial charge in [-0.1, -0.05) is 29.8 Å². The summed E-state index contributed by atoms with van der Waals surface area (Å²) in [6.45, 7) is 0.397. The van der Waals surface area contributed by atoms with E-state index in [0.29, 0.717) is 6.54 Å². The van der Waals surface area contributed by atoms with Crippen LogP contribution in [0, 0.1) is 0 Å². The Morgan fingerprint density at radius 2 is 1.90 bits per heavy atom. The van der Waals surface area contributed by atoms with Gasteiger partial charge >= 0.3 is 0 Å². The molecule has 2 aromatic rings. The van der Waals surface area contributed by atoms with Crippen molar-refractivity contribution in [2.24, 2.45) is 0 Å². The highest BCUT2D eigenvalue weighted by atomic mass is 35.5. The summed E-state index contributed by atoms with van der Waals surface area (Å²) >= 11 is 5.90. The van der Waals surface area contributed by atoms with Crippen molar-refractivity contribution in [3.05, 3.63) is 59.4 Å². The molecular weight excluding hydrogens is 308 g/mol. The number of rotatable bonds is 7. The predicted molar refractivity (Wildman–Crippen MR) is 83.8 cm³/mol. The van der Waals surface area contributed by atoms with Crippen molar-refractivity contribution < 1.29 is 8.42 Å². The number of halogens is 1. The summed E-state index contributed by atoms with van der Waals surface area (Å²) < 4.78 is 26.7. The molecule has 1 N–H and O–H groups in total. The van der Waals surface area contributed by atoms with Gasteiger partial charge in [0.1, 0.15) is 4.90 Å². The van der Waals surface area contributed by atoms with E-state index in [0.717, 1.165) is 24.8 Å². The Kier molecular flexibility index (Phi) is 5.73. The van der Waals surface area contributed by atoms with Crippen LogP contribution in [0.25, 0.3) is 0 Å². The first kappa shape index (κ1) is 15.9. The molecule has 0 aliphatic carbocycles. The Balaban J connectivity index is 1.79. The van der Waals surface area contributed by atoms with Crippen LogP contribution >= 0.6 is 11.6 Å². The Bertz CT molecular complexity index is 675. The molecule has 1 heterocycles. The molecule has 4 nitrogen and oxygen atoms in total. The van der Waals surface area contributed by atoms with Crippen LogP contribution in [0.2, 0.25) is 5.02 Å². The van der Waals surface area contributed by atoms with Crippen molar-refractivity contribution in [3.8, 4) is 0 Å². The van der Waals surface area contributed by atoms with Crippen LogP contribution < -0.4 is 4.72 Å². The average molecular weight is 325 g/mol. The van der Waals surface area contributed by atoms with E-state index in [4.69, 9.17) is 11.6 Å². The summed E-state index contributed by atoms with van der Waals surface area (Å²) in [6.07, 6.45) is 6.12. The molecule has 0 amide bonds. The van der Waals surface area contributed by atoms with Crippen LogP contribution in [-0.2, 0) is 16.4 Å². The fourth-order valence-electron chi connectivity index (χ4n) is 1.95. The second-order valence-corrected chi connectivity index (χ2v) is 6.79. The van der Waals surface area contributed by atoms with E-state index in [1.165, 1.54) is 6.07 Å². The molecule has 0 atom stereocenters. The van der Waals surface area contributed by atoms with E-state index in [-0.39, 0.29) is 9.92 Å². The fraction of sp³-hybridized carbons (Fsp3) is 0.267. The molecule has 1 aromatic carbocycles. The van der Waals surface area contributed by atoms with Crippen molar-refractivity contribution in [2.45, 2.75) is 24.2 Å². The number of hydrogen-bond donors (Lipinski definition) is 1. The third-order valence-corrected chi connectivity index (χ3v) is 4.99. The van der Waals surface area contributed by atoms with Crippen LogP contribution in [-0.4, -0.2) is 19.9 Å². The Morgan fingerprint density at radius 1 is 1.10 bits per heavy atom. The summed E-state index contributed by atoms with van der Waals surface area (Å²) in [7, 11) is -3.53. The molecule has 0 radical (unpaired) electrons. The van der Waals surface area contributed by atoms with Gasteiger partial charge in [0.25, 0.3) is 0 Å². The molecule has 0 spiro atoms. The van der Waals surface area contributed by atoms with Gasteiger partial charge in [-0.25, -0.2) is 13.1 Å². The molecule has 0 unspecified atom stereocenters. The minimum Gasteiger partial charge on any atom is -0.264 e. The number of unbranched alkanes of at least 4 members (excludes halogenated alkanes) is 1. The van der Waals surface area contributed by atoms with Gasteiger partial charge in [-0.15, -0.1) is 0 Å². The highest BCUT2D eigenvalue weighted by molar-refractivity contribution is 7.89. The quantitative estimate of drug-likeness (QED) is 0.796. The van der Waals surface area contributed by atoms with Gasteiger partial charge in [-0.05, 0) is 43.0 Å². The lowest BCUT2D eigenvalue weighted by molar-refractivity contribution is 0.576. The molecule has 0 fully saturated rings. The second-order valence-electron chi connectivity index (χ2n) is 4.65. The molecular formula is C15H17ClN2O2S. The summed E-state index contributed by atoms with van der Waals surface area (Å²) in [5, 5.41) is 0.236. The average Bonchev–Trinajstić information content (AvgIpc) is 2.48. The number of benzene rings is 1. The van der Waals surface area contributed by atoms with Crippen LogP contribution in [0.15, 0.2) is 53.7 Å². The maximum absolute atomic E-state index is 12.1. The maximum atomic E-state index is 12.1. The molecule has 112 valence electrons. The fourth-order valence-corrected chi connectivity index (χ4v) is 3.54. The lowest BCUT2D eigenvalue weighted by atomic mass is 10.1. The molecule has 1 aromatic heterocycles. The zero-order valence-corrected chi connectivity index (χ0v) is 13.1. The van der Waals surface area contributed by atoms with Gasteiger partial charge in [-0.3, -0.25) is 4.98 Å². The first-order valence-corrected chi connectivity index (χ1v) is 8.59. The van der Waals surface area contributed by atoms with E-state index in [1.807, 2.05) is 18.3 Å². The summed E-state index contributed by atoms with van der Waals surface area (Å²) in [4.78, 5) is 4.17. The van der Waals surface area contributed by atoms with Gasteiger partial charge in [0, 0.05) is 18.9 Å². The van der Waals surface area contributed by atoms with E-state index < -0.39 is 10.0 Å². The van der Waals surface area contributed by atoms with E-state index in [9.17, 15) is 8.42 Å². The van der Waals surface area contributed by atoms with Gasteiger partial charge in [0.15, 0.2) is 0 Å². The lowest BCUT2D eigenvalue weighted by Crippen LogP contribution is -2.25. The Hall–Kier alpha value is -1.43. The largest absolute Gasteiger partial charge is 0.264 e. The SMILES string of the molecule is O=S(=O)(NCCCCc1cccnc1)c1ccccc1Cl. The highest BCUT2D eigenvalue weighted by Gasteiger charge is 2.16. The molecule has 0 aliphatic heterocycles. The van der Waals surface area contributed by atoms with E-state index >= 15 is 0 Å². The number of sulfonamides is 1. The zero-order valence-electron chi connectivity index (χ0n) is 11.5. The first-order valence-electron chi connectivity index (χ1n) is 6.73. The zero-order chi connectivity index (χ0) is 15.1. The van der Waals surface area contributed by atoms with Gasteiger partial charge in [0.05, 0.1) is 5.02 Å². The normalized spacial score (nSPS) is 11.5. The van der Waals surface area contributed by atoms with Crippen molar-refractivity contribution >= 4 is 21.6 Å². The molecule has 2 rings (SSSR count). The van der Waals surface area contributed by atoms with Crippen molar-refractivity contribution in [1.29, 1.82) is 0 Å². The number of aryl methyl sites for hydroxylation is 1. The Labute approximate surface area is 130 Å². The molecule has 6 heteroatoms. The minimum absolute atomic E-state index is 0.124. The monoisotopic (exact) mass is 324 g/mol. The first-order chi connectivity index (χ1) is 10.1. The molecule has 0 saturated carbocycles. The predicted octanol–water partition coefficient (Wildman–Crippen LogP) is 3.04.